The molecule has 0 aliphatic rings. The Morgan fingerprint density at radius 1 is 0.769 bits per heavy atom. The summed E-state index contributed by atoms with van der Waals surface area (Å²) in [6.07, 6.45) is 2.16. The first-order chi connectivity index (χ1) is 12.5. The van der Waals surface area contributed by atoms with E-state index in [1.54, 1.807) is 41.1 Å². The Morgan fingerprint density at radius 3 is 1.62 bits per heavy atom. The number of hydrogen-bond acceptors (Lipinski definition) is 7. The van der Waals surface area contributed by atoms with Crippen LogP contribution in [0.3, 0.4) is 0 Å². The minimum atomic E-state index is -0.336. The highest BCUT2D eigenvalue weighted by atomic mass is 32.1. The molecule has 3 heterocycles. The Labute approximate surface area is 157 Å². The molecule has 0 amide bonds. The molecule has 3 aromatic heterocycles. The van der Waals surface area contributed by atoms with Gasteiger partial charge in [0.25, 0.3) is 0 Å². The molecular weight excluding hydrogens is 370 g/mol. The van der Waals surface area contributed by atoms with E-state index >= 15 is 0 Å². The fourth-order valence-electron chi connectivity index (χ4n) is 2.10. The lowest BCUT2D eigenvalue weighted by Gasteiger charge is -2.03. The number of allylic oxidation sites excluding steroid dienone is 2. The molecule has 0 aliphatic heterocycles. The first-order valence-corrected chi connectivity index (χ1v) is 9.25. The molecule has 130 valence electrons. The van der Waals surface area contributed by atoms with Crippen LogP contribution >= 0.6 is 22.7 Å². The number of thiophene rings is 2. The Kier molecular flexibility index (Phi) is 5.40. The molecule has 0 radical (unpaired) electrons. The van der Waals surface area contributed by atoms with Crippen molar-refractivity contribution >= 4 is 45.8 Å². The summed E-state index contributed by atoms with van der Waals surface area (Å²) in [6, 6.07) is 11.4. The number of aliphatic hydroxyl groups excluding tert-OH is 2. The van der Waals surface area contributed by atoms with Crippen LogP contribution in [0.5, 0.6) is 0 Å². The monoisotopic (exact) mass is 383 g/mol. The highest BCUT2D eigenvalue weighted by molar-refractivity contribution is 7.12. The van der Waals surface area contributed by atoms with Crippen molar-refractivity contribution in [1.29, 1.82) is 0 Å². The Hall–Kier alpha value is -3.03. The fourth-order valence-corrected chi connectivity index (χ4v) is 3.37. The van der Waals surface area contributed by atoms with Crippen LogP contribution in [0, 0.1) is 0 Å². The molecule has 26 heavy (non-hydrogen) atoms. The molecule has 0 aliphatic carbocycles. The molecule has 0 unspecified atom stereocenters. The molecule has 5 nitrogen and oxygen atoms in total. The number of rotatable bonds is 6. The van der Waals surface area contributed by atoms with E-state index in [9.17, 15) is 19.8 Å². The van der Waals surface area contributed by atoms with Crippen LogP contribution in [0.25, 0.3) is 11.5 Å². The summed E-state index contributed by atoms with van der Waals surface area (Å²) in [5, 5.41) is 23.8. The van der Waals surface area contributed by atoms with Crippen molar-refractivity contribution in [2.75, 3.05) is 0 Å². The van der Waals surface area contributed by atoms with Gasteiger partial charge in [-0.2, -0.15) is 0 Å². The number of aromatic nitrogens is 1. The molecule has 0 fully saturated rings. The second-order valence-electron chi connectivity index (χ2n) is 5.15. The Morgan fingerprint density at radius 2 is 1.23 bits per heavy atom. The lowest BCUT2D eigenvalue weighted by Crippen LogP contribution is -1.99. The standard InChI is InChI=1S/C19H13NO4S2/c21-14(10-16(23)18-6-2-8-25-18)12-4-1-5-13(20-12)15(22)11-17(24)19-7-3-9-26-19/h1-11,21-22H/b14-10-,15-11-. The number of ketones is 2. The van der Waals surface area contributed by atoms with Crippen LogP contribution < -0.4 is 0 Å². The second-order valence-corrected chi connectivity index (χ2v) is 7.05. The van der Waals surface area contributed by atoms with Gasteiger partial charge in [0.05, 0.1) is 9.75 Å². The zero-order valence-corrected chi connectivity index (χ0v) is 15.0. The minimum Gasteiger partial charge on any atom is -0.506 e. The predicted molar refractivity (Wildman–Crippen MR) is 103 cm³/mol. The van der Waals surface area contributed by atoms with Crippen LogP contribution in [0.4, 0.5) is 0 Å². The van der Waals surface area contributed by atoms with E-state index in [2.05, 4.69) is 4.98 Å². The predicted octanol–water partition coefficient (Wildman–Crippen LogP) is 4.77. The van der Waals surface area contributed by atoms with Gasteiger partial charge < -0.3 is 10.2 Å². The lowest BCUT2D eigenvalue weighted by atomic mass is 10.2. The third-order valence-corrected chi connectivity index (χ3v) is 5.11. The molecule has 2 N–H and O–H groups in total. The first-order valence-electron chi connectivity index (χ1n) is 7.49. The summed E-state index contributed by atoms with van der Waals surface area (Å²) in [4.78, 5) is 29.2. The van der Waals surface area contributed by atoms with Gasteiger partial charge in [-0.25, -0.2) is 4.98 Å². The van der Waals surface area contributed by atoms with Gasteiger partial charge in [0, 0.05) is 12.2 Å². The van der Waals surface area contributed by atoms with Crippen molar-refractivity contribution < 1.29 is 19.8 Å². The van der Waals surface area contributed by atoms with Gasteiger partial charge in [-0.1, -0.05) is 18.2 Å². The van der Waals surface area contributed by atoms with E-state index < -0.39 is 0 Å². The molecule has 0 spiro atoms. The highest BCUT2D eigenvalue weighted by Crippen LogP contribution is 2.18. The van der Waals surface area contributed by atoms with Crippen molar-refractivity contribution in [3.8, 4) is 0 Å². The number of hydrogen-bond donors (Lipinski definition) is 2. The molecule has 0 saturated heterocycles. The molecule has 7 heteroatoms. The summed E-state index contributed by atoms with van der Waals surface area (Å²) in [5.41, 5.74) is 0.242. The molecule has 0 aromatic carbocycles. The van der Waals surface area contributed by atoms with Gasteiger partial charge in [-0.05, 0) is 35.0 Å². The molecule has 0 saturated carbocycles. The molecule has 3 aromatic rings. The van der Waals surface area contributed by atoms with Crippen molar-refractivity contribution in [3.63, 3.8) is 0 Å². The van der Waals surface area contributed by atoms with Crippen molar-refractivity contribution in [3.05, 3.63) is 86.5 Å². The summed E-state index contributed by atoms with van der Waals surface area (Å²) in [7, 11) is 0. The van der Waals surface area contributed by atoms with Crippen LogP contribution in [0.15, 0.2) is 65.4 Å². The SMILES string of the molecule is O=C(/C=C(\O)c1cccc(/C(O)=C/C(=O)c2cccs2)n1)c1cccs1. The number of aliphatic hydroxyl groups is 2. The normalized spacial score (nSPS) is 12.2. The summed E-state index contributed by atoms with van der Waals surface area (Å²) in [6.45, 7) is 0. The third-order valence-electron chi connectivity index (χ3n) is 3.34. The van der Waals surface area contributed by atoms with Gasteiger partial charge in [-0.3, -0.25) is 9.59 Å². The van der Waals surface area contributed by atoms with E-state index in [1.807, 2.05) is 0 Å². The molecular formula is C19H13NO4S2. The van der Waals surface area contributed by atoms with E-state index in [0.29, 0.717) is 9.75 Å². The summed E-state index contributed by atoms with van der Waals surface area (Å²) in [5.74, 6) is -1.31. The molecule has 0 bridgehead atoms. The van der Waals surface area contributed by atoms with Gasteiger partial charge in [0.2, 0.25) is 0 Å². The van der Waals surface area contributed by atoms with Gasteiger partial charge in [-0.15, -0.1) is 22.7 Å². The van der Waals surface area contributed by atoms with E-state index in [0.717, 1.165) is 12.2 Å². The van der Waals surface area contributed by atoms with Crippen LogP contribution in [0.2, 0.25) is 0 Å². The van der Waals surface area contributed by atoms with Crippen LogP contribution in [-0.2, 0) is 0 Å². The van der Waals surface area contributed by atoms with Gasteiger partial charge in [0.1, 0.15) is 22.9 Å². The average molecular weight is 383 g/mol. The largest absolute Gasteiger partial charge is 0.506 e. The maximum Gasteiger partial charge on any atom is 0.199 e. The van der Waals surface area contributed by atoms with E-state index in [4.69, 9.17) is 0 Å². The van der Waals surface area contributed by atoms with E-state index in [1.165, 1.54) is 34.8 Å². The zero-order valence-electron chi connectivity index (χ0n) is 13.3. The number of carbonyl (C=O) groups is 2. The zero-order chi connectivity index (χ0) is 18.5. The Bertz CT molecular complexity index is 909. The molecule has 0 atom stereocenters. The maximum absolute atomic E-state index is 12.0. The summed E-state index contributed by atoms with van der Waals surface area (Å²) >= 11 is 2.54. The minimum absolute atomic E-state index is 0.121. The van der Waals surface area contributed by atoms with Crippen molar-refractivity contribution in [2.45, 2.75) is 0 Å². The molecule has 3 rings (SSSR count). The first kappa shape index (κ1) is 17.8. The number of carbonyl (C=O) groups excluding carboxylic acids is 2. The van der Waals surface area contributed by atoms with E-state index in [-0.39, 0.29) is 34.5 Å². The van der Waals surface area contributed by atoms with Crippen molar-refractivity contribution in [1.82, 2.24) is 4.98 Å². The second kappa shape index (κ2) is 7.90. The van der Waals surface area contributed by atoms with Gasteiger partial charge in [0.15, 0.2) is 11.6 Å². The maximum atomic E-state index is 12.0. The third kappa shape index (κ3) is 4.14. The van der Waals surface area contributed by atoms with Crippen molar-refractivity contribution in [2.24, 2.45) is 0 Å². The lowest BCUT2D eigenvalue weighted by molar-refractivity contribution is 0.104. The fraction of sp³-hybridized carbons (Fsp3) is 0. The number of nitrogens with zero attached hydrogens (tertiary/aromatic N) is 1. The topological polar surface area (TPSA) is 87.5 Å². The van der Waals surface area contributed by atoms with Crippen LogP contribution in [0.1, 0.15) is 30.7 Å². The smallest absolute Gasteiger partial charge is 0.199 e. The van der Waals surface area contributed by atoms with Crippen LogP contribution in [-0.4, -0.2) is 26.8 Å². The number of pyridine rings is 1. The Balaban J connectivity index is 1.83. The highest BCUT2D eigenvalue weighted by Gasteiger charge is 2.11. The van der Waals surface area contributed by atoms with Gasteiger partial charge >= 0.3 is 0 Å². The quantitative estimate of drug-likeness (QED) is 0.364. The average Bonchev–Trinajstić information content (AvgIpc) is 3.35. The summed E-state index contributed by atoms with van der Waals surface area (Å²) < 4.78 is 0.